The minimum absolute atomic E-state index is 0.229. The highest BCUT2D eigenvalue weighted by Gasteiger charge is 2.48. The maximum atomic E-state index is 12.5. The molecule has 5 atom stereocenters. The number of hydrogen-bond acceptors (Lipinski definition) is 8. The predicted octanol–water partition coefficient (Wildman–Crippen LogP) is 2.39. The van der Waals surface area contributed by atoms with E-state index in [1.165, 1.54) is 0 Å². The maximum absolute atomic E-state index is 12.5. The molecule has 2 aliphatic heterocycles. The van der Waals surface area contributed by atoms with Crippen LogP contribution in [0.15, 0.2) is 34.7 Å². The van der Waals surface area contributed by atoms with E-state index in [0.717, 1.165) is 5.56 Å². The molecule has 4 heterocycles. The molecule has 33 heavy (non-hydrogen) atoms. The summed E-state index contributed by atoms with van der Waals surface area (Å²) in [6.07, 6.45) is -0.159. The van der Waals surface area contributed by atoms with Gasteiger partial charge in [0.1, 0.15) is 28.2 Å². The zero-order valence-electron chi connectivity index (χ0n) is 18.3. The van der Waals surface area contributed by atoms with Gasteiger partial charge in [0.15, 0.2) is 11.8 Å². The molecule has 5 rings (SSSR count). The zero-order chi connectivity index (χ0) is 23.3. The van der Waals surface area contributed by atoms with Gasteiger partial charge in [-0.1, -0.05) is 23.7 Å². The van der Waals surface area contributed by atoms with Crippen LogP contribution in [-0.4, -0.2) is 86.6 Å². The molecule has 0 radical (unpaired) electrons. The van der Waals surface area contributed by atoms with Gasteiger partial charge < -0.3 is 24.3 Å². The van der Waals surface area contributed by atoms with Gasteiger partial charge in [-0.15, -0.1) is 0 Å². The molecule has 0 spiro atoms. The van der Waals surface area contributed by atoms with Crippen LogP contribution in [-0.2, 0) is 19.4 Å². The van der Waals surface area contributed by atoms with Crippen molar-refractivity contribution >= 4 is 38.4 Å². The molecule has 0 bridgehead atoms. The van der Waals surface area contributed by atoms with E-state index in [4.69, 9.17) is 25.8 Å². The summed E-state index contributed by atoms with van der Waals surface area (Å²) in [4.78, 5) is 12.1. The molecule has 0 saturated carbocycles. The van der Waals surface area contributed by atoms with Gasteiger partial charge in [0.05, 0.1) is 35.1 Å². The Bertz CT molecular complexity index is 1300. The molecule has 2 N–H and O–H groups in total. The number of benzene rings is 1. The van der Waals surface area contributed by atoms with Crippen LogP contribution >= 0.6 is 11.6 Å². The third-order valence-electron chi connectivity index (χ3n) is 5.74. The van der Waals surface area contributed by atoms with Crippen LogP contribution in [0, 0.1) is 0 Å². The number of aliphatic hydroxyl groups excluding tert-OH is 1. The largest absolute Gasteiger partial charge is 0.456 e. The van der Waals surface area contributed by atoms with Gasteiger partial charge in [-0.05, 0) is 18.2 Å². The van der Waals surface area contributed by atoms with Gasteiger partial charge in [-0.3, -0.25) is 0 Å². The number of pyridine rings is 1. The number of aromatic amines is 1. The summed E-state index contributed by atoms with van der Waals surface area (Å²) in [5, 5.41) is 10.3. The summed E-state index contributed by atoms with van der Waals surface area (Å²) in [7, 11) is 0.976. The van der Waals surface area contributed by atoms with E-state index in [0.29, 0.717) is 34.2 Å². The van der Waals surface area contributed by atoms with Crippen molar-refractivity contribution in [1.29, 1.82) is 0 Å². The molecule has 0 aliphatic carbocycles. The molecular weight excluding hydrogens is 470 g/mol. The van der Waals surface area contributed by atoms with Crippen molar-refractivity contribution < 1.29 is 23.5 Å². The second kappa shape index (κ2) is 8.49. The fraction of sp³-hybridized carbons (Fsp3) is 0.429. The smallest absolute Gasteiger partial charge is 0.296 e. The lowest BCUT2D eigenvalue weighted by molar-refractivity contribution is 0.00706. The minimum atomic E-state index is -2.47. The summed E-state index contributed by atoms with van der Waals surface area (Å²) < 4.78 is 35.5. The molecular formula is C21H24ClN5O5S. The number of rotatable bonds is 5. The monoisotopic (exact) mass is 493 g/mol. The summed E-state index contributed by atoms with van der Waals surface area (Å²) >= 11 is 6.50. The van der Waals surface area contributed by atoms with Crippen molar-refractivity contribution in [1.82, 2.24) is 19.3 Å². The summed E-state index contributed by atoms with van der Waals surface area (Å²) in [6.45, 7) is 0.532. The van der Waals surface area contributed by atoms with Crippen molar-refractivity contribution in [2.24, 2.45) is 4.36 Å². The maximum Gasteiger partial charge on any atom is 0.296 e. The number of nitrogens with zero attached hydrogens (tertiary/aromatic N) is 4. The molecule has 12 heteroatoms. The van der Waals surface area contributed by atoms with E-state index in [1.807, 2.05) is 12.1 Å². The van der Waals surface area contributed by atoms with E-state index in [2.05, 4.69) is 19.3 Å². The standard InChI is InChI=1S/C21H24ClN5O5S/c1-27(2)33(3,29)26-12-6-4-11(5-7-12)17-13(22)8-14-20(24-17)25-21(23-14)32-16-10-31-18-15(28)9-30-19(16)18/h4-8,15-16,18-19,28H,9-10H2,1-3H3,(H,23,24,25)/t15-,16-,18-,19-,33?/m1/s1. The quantitative estimate of drug-likeness (QED) is 0.559. The van der Waals surface area contributed by atoms with E-state index in [1.54, 1.807) is 42.9 Å². The second-order valence-corrected chi connectivity index (χ2v) is 11.1. The summed E-state index contributed by atoms with van der Waals surface area (Å²) in [5.41, 5.74) is 3.02. The van der Waals surface area contributed by atoms with Gasteiger partial charge >= 0.3 is 0 Å². The Morgan fingerprint density at radius 1 is 1.21 bits per heavy atom. The molecule has 1 aromatic carbocycles. The van der Waals surface area contributed by atoms with Gasteiger partial charge in [0, 0.05) is 25.9 Å². The Morgan fingerprint density at radius 2 is 1.94 bits per heavy atom. The average molecular weight is 494 g/mol. The summed E-state index contributed by atoms with van der Waals surface area (Å²) in [6, 6.07) is 9.22. The number of aliphatic hydroxyl groups is 1. The molecule has 176 valence electrons. The van der Waals surface area contributed by atoms with E-state index in [-0.39, 0.29) is 30.9 Å². The first-order valence-corrected chi connectivity index (χ1v) is 12.6. The highest BCUT2D eigenvalue weighted by Crippen LogP contribution is 2.32. The lowest BCUT2D eigenvalue weighted by atomic mass is 10.1. The number of imidazole rings is 1. The fourth-order valence-corrected chi connectivity index (χ4v) is 4.74. The van der Waals surface area contributed by atoms with Gasteiger partial charge in [0.25, 0.3) is 6.01 Å². The number of fused-ring (bicyclic) bond motifs is 2. The number of halogens is 1. The van der Waals surface area contributed by atoms with Crippen LogP contribution in [0.25, 0.3) is 22.4 Å². The highest BCUT2D eigenvalue weighted by molar-refractivity contribution is 7.90. The molecule has 2 aliphatic rings. The number of ether oxygens (including phenoxy) is 3. The molecule has 0 amide bonds. The third kappa shape index (κ3) is 4.32. The molecule has 2 aromatic heterocycles. The van der Waals surface area contributed by atoms with Crippen LogP contribution in [0.4, 0.5) is 5.69 Å². The number of hydrogen-bond donors (Lipinski definition) is 2. The lowest BCUT2D eigenvalue weighted by Gasteiger charge is -2.15. The molecule has 10 nitrogen and oxygen atoms in total. The Kier molecular flexibility index (Phi) is 5.79. The molecule has 1 unspecified atom stereocenters. The van der Waals surface area contributed by atoms with Crippen LogP contribution in [0.3, 0.4) is 0 Å². The first-order chi connectivity index (χ1) is 15.7. The Hall–Kier alpha value is -2.28. The number of aromatic nitrogens is 3. The predicted molar refractivity (Wildman–Crippen MR) is 124 cm³/mol. The van der Waals surface area contributed by atoms with Crippen molar-refractivity contribution in [2.45, 2.75) is 24.4 Å². The first-order valence-electron chi connectivity index (χ1n) is 10.4. The molecule has 3 aromatic rings. The van der Waals surface area contributed by atoms with Crippen molar-refractivity contribution in [3.8, 4) is 17.3 Å². The number of H-pyrrole nitrogens is 1. The van der Waals surface area contributed by atoms with Crippen molar-refractivity contribution in [3.05, 3.63) is 35.4 Å². The lowest BCUT2D eigenvalue weighted by Crippen LogP contribution is -2.34. The third-order valence-corrected chi connectivity index (χ3v) is 7.94. The summed E-state index contributed by atoms with van der Waals surface area (Å²) in [5.74, 6) is 0. The van der Waals surface area contributed by atoms with Gasteiger partial charge in [-0.2, -0.15) is 9.35 Å². The number of nitrogens with one attached hydrogen (secondary N) is 1. The van der Waals surface area contributed by atoms with Crippen LogP contribution in [0.5, 0.6) is 6.01 Å². The van der Waals surface area contributed by atoms with Crippen LogP contribution in [0.2, 0.25) is 5.02 Å². The van der Waals surface area contributed by atoms with Gasteiger partial charge in [0.2, 0.25) is 0 Å². The van der Waals surface area contributed by atoms with Crippen molar-refractivity contribution in [3.63, 3.8) is 0 Å². The second-order valence-electron chi connectivity index (χ2n) is 8.26. The Labute approximate surface area is 196 Å². The van der Waals surface area contributed by atoms with E-state index < -0.39 is 16.0 Å². The minimum Gasteiger partial charge on any atom is -0.456 e. The van der Waals surface area contributed by atoms with Crippen molar-refractivity contribution in [2.75, 3.05) is 33.6 Å². The SMILES string of the molecule is CN(C)S(C)(=O)=Nc1ccc(-c2nc3nc(O[C@@H]4CO[C@H]5[C@@H]4OC[C@H]5O)[nH]c3cc2Cl)cc1. The first kappa shape index (κ1) is 22.5. The van der Waals surface area contributed by atoms with Crippen LogP contribution < -0.4 is 4.74 Å². The van der Waals surface area contributed by atoms with E-state index >= 15 is 0 Å². The average Bonchev–Trinajstić information content (AvgIpc) is 3.45. The fourth-order valence-electron chi connectivity index (χ4n) is 3.80. The molecule has 2 saturated heterocycles. The Morgan fingerprint density at radius 3 is 2.67 bits per heavy atom. The van der Waals surface area contributed by atoms with Crippen LogP contribution in [0.1, 0.15) is 0 Å². The van der Waals surface area contributed by atoms with E-state index in [9.17, 15) is 9.32 Å². The Balaban J connectivity index is 1.39. The van der Waals surface area contributed by atoms with Gasteiger partial charge in [-0.25, -0.2) is 13.5 Å². The zero-order valence-corrected chi connectivity index (χ0v) is 19.8. The normalized spacial score (nSPS) is 26.5. The molecule has 2 fully saturated rings. The highest BCUT2D eigenvalue weighted by atomic mass is 35.5. The topological polar surface area (TPSA) is 122 Å².